The molecule has 0 spiro atoms. The highest BCUT2D eigenvalue weighted by molar-refractivity contribution is 5.89. The predicted octanol–water partition coefficient (Wildman–Crippen LogP) is 0.269. The van der Waals surface area contributed by atoms with E-state index >= 15 is 0 Å². The summed E-state index contributed by atoms with van der Waals surface area (Å²) in [5, 5.41) is 22.1. The average molecular weight is 446 g/mol. The van der Waals surface area contributed by atoms with Crippen molar-refractivity contribution in [3.05, 3.63) is 22.7 Å². The number of aromatic amines is 1. The van der Waals surface area contributed by atoms with Gasteiger partial charge in [0.25, 0.3) is 0 Å². The second-order valence-electron chi connectivity index (χ2n) is 7.37. The van der Waals surface area contributed by atoms with E-state index in [1.807, 2.05) is 0 Å². The molecule has 0 saturated carbocycles. The quantitative estimate of drug-likeness (QED) is 0.427. The van der Waals surface area contributed by atoms with E-state index in [1.165, 1.54) is 6.20 Å². The number of piperidine rings is 1. The molecule has 0 atom stereocenters. The summed E-state index contributed by atoms with van der Waals surface area (Å²) in [4.78, 5) is 38.3. The van der Waals surface area contributed by atoms with Crippen LogP contribution in [0.25, 0.3) is 0 Å². The predicted molar refractivity (Wildman–Crippen MR) is 109 cm³/mol. The molecule has 11 nitrogen and oxygen atoms in total. The van der Waals surface area contributed by atoms with Crippen molar-refractivity contribution in [2.24, 2.45) is 5.92 Å². The molecule has 2 aliphatic heterocycles. The van der Waals surface area contributed by atoms with Crippen molar-refractivity contribution in [3.8, 4) is 0 Å². The van der Waals surface area contributed by atoms with E-state index in [0.29, 0.717) is 31.4 Å². The first-order valence-corrected chi connectivity index (χ1v) is 9.94. The van der Waals surface area contributed by atoms with E-state index in [1.54, 1.807) is 6.07 Å². The Morgan fingerprint density at radius 1 is 1.29 bits per heavy atom. The van der Waals surface area contributed by atoms with Crippen LogP contribution in [0.2, 0.25) is 0 Å². The van der Waals surface area contributed by atoms with Gasteiger partial charge in [0.15, 0.2) is 6.29 Å². The maximum Gasteiger partial charge on any atom is 0.346 e. The molecule has 2 fully saturated rings. The number of hydrogen-bond acceptors (Lipinski definition) is 8. The van der Waals surface area contributed by atoms with Crippen LogP contribution in [0.15, 0.2) is 17.1 Å². The van der Waals surface area contributed by atoms with Crippen LogP contribution in [0.4, 0.5) is 10.2 Å². The summed E-state index contributed by atoms with van der Waals surface area (Å²) in [6.45, 7) is 5.15. The van der Waals surface area contributed by atoms with Crippen LogP contribution in [0.5, 0.6) is 0 Å². The Balaban J connectivity index is 0.000000283. The van der Waals surface area contributed by atoms with E-state index in [2.05, 4.69) is 20.6 Å². The number of amides is 1. The molecule has 31 heavy (non-hydrogen) atoms. The van der Waals surface area contributed by atoms with Gasteiger partial charge in [-0.25, -0.2) is 19.0 Å². The standard InChI is InChI=1S/C11H16N4O2.C4H7FO2.C4H8O3/c16-10(7-8-1-4-12-5-2-8)14-9-3-6-13-11(17)15-9;1-4(2,5)3(6)7;5-3-4-6-1-2-7-4/h3,6,8,12H,1-2,4-5,7H2,(H2,13,14,15,16,17);1-2H3,(H,6,7);4-5H,1-3H2. The molecule has 12 heteroatoms. The smallest absolute Gasteiger partial charge is 0.346 e. The van der Waals surface area contributed by atoms with E-state index in [9.17, 15) is 18.8 Å². The lowest BCUT2D eigenvalue weighted by Gasteiger charge is -2.21. The van der Waals surface area contributed by atoms with Crippen LogP contribution in [0, 0.1) is 5.92 Å². The molecule has 0 bridgehead atoms. The fourth-order valence-electron chi connectivity index (χ4n) is 2.50. The third-order valence-electron chi connectivity index (χ3n) is 4.23. The number of aliphatic hydroxyl groups is 1. The SMILES string of the molecule is CC(C)(F)C(=O)O.O=C(CC1CCNCC1)Nc1ccnc(=O)[nH]1.OCC1OCCO1. The number of anilines is 1. The summed E-state index contributed by atoms with van der Waals surface area (Å²) in [6, 6.07) is 1.57. The first kappa shape index (κ1) is 26.6. The van der Waals surface area contributed by atoms with Crippen molar-refractivity contribution < 1.29 is 33.7 Å². The Bertz CT molecular complexity index is 726. The molecule has 1 amide bonds. The monoisotopic (exact) mass is 446 g/mol. The van der Waals surface area contributed by atoms with Gasteiger partial charge in [0.1, 0.15) is 5.82 Å². The highest BCUT2D eigenvalue weighted by Crippen LogP contribution is 2.16. The Hall–Kier alpha value is -2.41. The van der Waals surface area contributed by atoms with Crippen LogP contribution in [0.3, 0.4) is 0 Å². The first-order chi connectivity index (χ1) is 14.6. The minimum atomic E-state index is -2.08. The van der Waals surface area contributed by atoms with Crippen LogP contribution >= 0.6 is 0 Å². The molecule has 0 unspecified atom stereocenters. The zero-order valence-electron chi connectivity index (χ0n) is 17.7. The first-order valence-electron chi connectivity index (χ1n) is 9.94. The molecule has 0 radical (unpaired) electrons. The number of alkyl halides is 1. The van der Waals surface area contributed by atoms with Gasteiger partial charge in [0.2, 0.25) is 11.6 Å². The summed E-state index contributed by atoms with van der Waals surface area (Å²) in [6.07, 6.45) is 3.59. The van der Waals surface area contributed by atoms with E-state index < -0.39 is 17.3 Å². The highest BCUT2D eigenvalue weighted by atomic mass is 19.1. The van der Waals surface area contributed by atoms with Crippen LogP contribution in [-0.4, -0.2) is 76.9 Å². The second-order valence-corrected chi connectivity index (χ2v) is 7.37. The molecule has 5 N–H and O–H groups in total. The average Bonchev–Trinajstić information content (AvgIpc) is 3.23. The summed E-state index contributed by atoms with van der Waals surface area (Å²) < 4.78 is 21.6. The largest absolute Gasteiger partial charge is 0.479 e. The van der Waals surface area contributed by atoms with Crippen LogP contribution < -0.4 is 16.3 Å². The minimum absolute atomic E-state index is 0.0278. The lowest BCUT2D eigenvalue weighted by molar-refractivity contribution is -0.148. The minimum Gasteiger partial charge on any atom is -0.479 e. The van der Waals surface area contributed by atoms with Gasteiger partial charge in [-0.1, -0.05) is 0 Å². The van der Waals surface area contributed by atoms with Crippen molar-refractivity contribution in [2.45, 2.75) is 45.1 Å². The molecule has 2 saturated heterocycles. The lowest BCUT2D eigenvalue weighted by Crippen LogP contribution is -2.30. The molecule has 176 valence electrons. The molecule has 3 rings (SSSR count). The number of carbonyl (C=O) groups excluding carboxylic acids is 1. The summed E-state index contributed by atoms with van der Waals surface area (Å²) in [5.74, 6) is -0.639. The number of nitrogens with zero attached hydrogens (tertiary/aromatic N) is 1. The maximum absolute atomic E-state index is 11.9. The number of ether oxygens (including phenoxy) is 2. The fraction of sp³-hybridized carbons (Fsp3) is 0.684. The Morgan fingerprint density at radius 2 is 1.87 bits per heavy atom. The topological polar surface area (TPSA) is 163 Å². The molecular formula is C19H31FN4O7. The maximum atomic E-state index is 11.9. The number of rotatable bonds is 5. The van der Waals surface area contributed by atoms with Crippen LogP contribution in [-0.2, 0) is 19.1 Å². The number of carbonyl (C=O) groups is 2. The molecular weight excluding hydrogens is 415 g/mol. The van der Waals surface area contributed by atoms with Gasteiger partial charge in [-0.15, -0.1) is 0 Å². The van der Waals surface area contributed by atoms with Crippen molar-refractivity contribution >= 4 is 17.7 Å². The van der Waals surface area contributed by atoms with Gasteiger partial charge >= 0.3 is 11.7 Å². The van der Waals surface area contributed by atoms with Crippen LogP contribution in [0.1, 0.15) is 33.1 Å². The lowest BCUT2D eigenvalue weighted by atomic mass is 9.94. The van der Waals surface area contributed by atoms with E-state index in [-0.39, 0.29) is 18.8 Å². The third kappa shape index (κ3) is 12.1. The number of carboxylic acid groups (broad SMARTS) is 1. The summed E-state index contributed by atoms with van der Waals surface area (Å²) in [7, 11) is 0. The highest BCUT2D eigenvalue weighted by Gasteiger charge is 2.24. The number of aliphatic carboxylic acids is 1. The molecule has 2 aliphatic rings. The molecule has 0 aromatic carbocycles. The summed E-state index contributed by atoms with van der Waals surface area (Å²) >= 11 is 0. The van der Waals surface area contributed by atoms with Gasteiger partial charge in [-0.2, -0.15) is 0 Å². The Labute approximate surface area is 179 Å². The normalized spacial score (nSPS) is 17.0. The van der Waals surface area contributed by atoms with E-state index in [0.717, 1.165) is 39.8 Å². The third-order valence-corrected chi connectivity index (χ3v) is 4.23. The van der Waals surface area contributed by atoms with Crippen molar-refractivity contribution in [3.63, 3.8) is 0 Å². The number of halogens is 1. The molecule has 3 heterocycles. The Kier molecular flexibility index (Phi) is 11.9. The Morgan fingerprint density at radius 3 is 2.32 bits per heavy atom. The number of H-pyrrole nitrogens is 1. The molecule has 1 aromatic rings. The number of aliphatic hydroxyl groups excluding tert-OH is 1. The zero-order valence-corrected chi connectivity index (χ0v) is 17.7. The second kappa shape index (κ2) is 13.8. The number of aromatic nitrogens is 2. The molecule has 0 aliphatic carbocycles. The number of nitrogens with one attached hydrogen (secondary N) is 3. The van der Waals surface area contributed by atoms with Gasteiger partial charge in [0.05, 0.1) is 19.8 Å². The molecule has 1 aromatic heterocycles. The van der Waals surface area contributed by atoms with E-state index in [4.69, 9.17) is 19.7 Å². The fourth-order valence-corrected chi connectivity index (χ4v) is 2.50. The van der Waals surface area contributed by atoms with Crippen molar-refractivity contribution in [1.29, 1.82) is 0 Å². The van der Waals surface area contributed by atoms with Gasteiger partial charge < -0.3 is 30.3 Å². The number of hydrogen-bond donors (Lipinski definition) is 5. The van der Waals surface area contributed by atoms with Gasteiger partial charge in [0, 0.05) is 12.6 Å². The van der Waals surface area contributed by atoms with Crippen molar-refractivity contribution in [1.82, 2.24) is 15.3 Å². The van der Waals surface area contributed by atoms with Crippen molar-refractivity contribution in [2.75, 3.05) is 38.2 Å². The van der Waals surface area contributed by atoms with Gasteiger partial charge in [-0.3, -0.25) is 9.78 Å². The zero-order chi connectivity index (χ0) is 23.3. The summed E-state index contributed by atoms with van der Waals surface area (Å²) in [5.41, 5.74) is -2.54. The van der Waals surface area contributed by atoms with Gasteiger partial charge in [-0.05, 0) is 51.8 Å². The number of carboxylic acids is 1.